The number of methoxy groups -OCH3 is 1. The number of hydrogen-bond donors (Lipinski definition) is 0. The lowest BCUT2D eigenvalue weighted by Gasteiger charge is -2.25. The summed E-state index contributed by atoms with van der Waals surface area (Å²) in [4.78, 5) is 4.47. The van der Waals surface area contributed by atoms with E-state index in [1.807, 2.05) is 6.07 Å². The van der Waals surface area contributed by atoms with Gasteiger partial charge in [0.2, 0.25) is 0 Å². The first-order valence-electron chi connectivity index (χ1n) is 4.94. The van der Waals surface area contributed by atoms with Crippen LogP contribution in [0.2, 0.25) is 0 Å². The van der Waals surface area contributed by atoms with Gasteiger partial charge in [-0.1, -0.05) is 0 Å². The first-order chi connectivity index (χ1) is 7.16. The summed E-state index contributed by atoms with van der Waals surface area (Å²) in [5.41, 5.74) is 1.78. The Balaban J connectivity index is 2.42. The summed E-state index contributed by atoms with van der Waals surface area (Å²) in [6.07, 6.45) is 0.867. The predicted octanol–water partition coefficient (Wildman–Crippen LogP) is 2.41. The lowest BCUT2D eigenvalue weighted by Crippen LogP contribution is -2.30. The predicted molar refractivity (Wildman–Crippen MR) is 60.8 cm³/mol. The number of aryl methyl sites for hydroxylation is 1. The van der Waals surface area contributed by atoms with Crippen molar-refractivity contribution in [2.75, 3.05) is 20.3 Å². The first-order valence-corrected chi connectivity index (χ1v) is 5.73. The number of rotatable bonds is 2. The highest BCUT2D eigenvalue weighted by Gasteiger charge is 2.38. The molecule has 0 bridgehead atoms. The van der Waals surface area contributed by atoms with Crippen molar-refractivity contribution >= 4 is 15.9 Å². The molecule has 0 aromatic carbocycles. The fourth-order valence-electron chi connectivity index (χ4n) is 1.87. The van der Waals surface area contributed by atoms with Crippen molar-refractivity contribution < 1.29 is 9.47 Å². The maximum atomic E-state index is 5.59. The summed E-state index contributed by atoms with van der Waals surface area (Å²) in [6.45, 7) is 3.38. The van der Waals surface area contributed by atoms with Crippen molar-refractivity contribution in [2.24, 2.45) is 0 Å². The largest absolute Gasteiger partial charge is 0.378 e. The molecular formula is C11H14BrNO2. The van der Waals surface area contributed by atoms with Gasteiger partial charge in [0.1, 0.15) is 10.2 Å². The quantitative estimate of drug-likeness (QED) is 0.775. The Morgan fingerprint density at radius 3 is 2.87 bits per heavy atom. The van der Waals surface area contributed by atoms with Crippen LogP contribution in [0.4, 0.5) is 0 Å². The molecule has 1 aliphatic heterocycles. The van der Waals surface area contributed by atoms with E-state index in [4.69, 9.17) is 9.47 Å². The Hall–Kier alpha value is -0.450. The number of hydrogen-bond acceptors (Lipinski definition) is 3. The minimum Gasteiger partial charge on any atom is -0.378 e. The van der Waals surface area contributed by atoms with Crippen LogP contribution in [0.5, 0.6) is 0 Å². The number of aromatic nitrogens is 1. The van der Waals surface area contributed by atoms with E-state index in [1.165, 1.54) is 5.56 Å². The molecule has 1 saturated heterocycles. The molecule has 0 N–H and O–H groups in total. The average molecular weight is 272 g/mol. The Morgan fingerprint density at radius 1 is 1.53 bits per heavy atom. The van der Waals surface area contributed by atoms with Crippen LogP contribution in [0.15, 0.2) is 16.7 Å². The van der Waals surface area contributed by atoms with E-state index in [0.29, 0.717) is 6.61 Å². The van der Waals surface area contributed by atoms with Gasteiger partial charge in [-0.2, -0.15) is 0 Å². The van der Waals surface area contributed by atoms with Gasteiger partial charge in [0.05, 0.1) is 12.3 Å². The Kier molecular flexibility index (Phi) is 3.09. The highest BCUT2D eigenvalue weighted by Crippen LogP contribution is 2.33. The molecule has 1 aliphatic rings. The summed E-state index contributed by atoms with van der Waals surface area (Å²) in [7, 11) is 1.71. The standard InChI is InChI=1S/C11H14BrNO2/c1-8-5-9(13-10(12)6-8)11(14-2)3-4-15-7-11/h5-6H,3-4,7H2,1-2H3. The van der Waals surface area contributed by atoms with Crippen LogP contribution in [-0.4, -0.2) is 25.3 Å². The van der Waals surface area contributed by atoms with Crippen LogP contribution in [0.1, 0.15) is 17.7 Å². The SMILES string of the molecule is COC1(c2cc(C)cc(Br)n2)CCOC1. The van der Waals surface area contributed by atoms with Crippen LogP contribution in [0.25, 0.3) is 0 Å². The molecule has 1 aromatic rings. The molecule has 0 saturated carbocycles. The first kappa shape index (κ1) is 11.0. The smallest absolute Gasteiger partial charge is 0.135 e. The average Bonchev–Trinajstić information content (AvgIpc) is 2.65. The number of halogens is 1. The van der Waals surface area contributed by atoms with Gasteiger partial charge in [0.25, 0.3) is 0 Å². The normalized spacial score (nSPS) is 25.8. The molecule has 1 fully saturated rings. The van der Waals surface area contributed by atoms with E-state index in [2.05, 4.69) is 33.9 Å². The molecule has 0 spiro atoms. The van der Waals surface area contributed by atoms with Gasteiger partial charge in [0, 0.05) is 20.1 Å². The lowest BCUT2D eigenvalue weighted by atomic mass is 9.97. The monoisotopic (exact) mass is 271 g/mol. The molecule has 0 aliphatic carbocycles. The number of ether oxygens (including phenoxy) is 2. The molecule has 82 valence electrons. The summed E-state index contributed by atoms with van der Waals surface area (Å²) >= 11 is 3.41. The van der Waals surface area contributed by atoms with Gasteiger partial charge in [0.15, 0.2) is 0 Å². The van der Waals surface area contributed by atoms with Crippen molar-refractivity contribution in [1.82, 2.24) is 4.98 Å². The van der Waals surface area contributed by atoms with Crippen molar-refractivity contribution in [3.05, 3.63) is 28.0 Å². The lowest BCUT2D eigenvalue weighted by molar-refractivity contribution is -0.0247. The molecule has 2 heterocycles. The second kappa shape index (κ2) is 4.20. The fraction of sp³-hybridized carbons (Fsp3) is 0.545. The third-order valence-corrected chi connectivity index (χ3v) is 3.19. The van der Waals surface area contributed by atoms with Gasteiger partial charge >= 0.3 is 0 Å². The van der Waals surface area contributed by atoms with E-state index in [-0.39, 0.29) is 5.60 Å². The van der Waals surface area contributed by atoms with E-state index >= 15 is 0 Å². The summed E-state index contributed by atoms with van der Waals surface area (Å²) < 4.78 is 11.8. The third-order valence-electron chi connectivity index (χ3n) is 2.78. The van der Waals surface area contributed by atoms with Gasteiger partial charge in [-0.15, -0.1) is 0 Å². The molecule has 1 aromatic heterocycles. The second-order valence-corrected chi connectivity index (χ2v) is 4.67. The Labute approximate surface area is 97.9 Å². The minimum absolute atomic E-state index is 0.353. The fourth-order valence-corrected chi connectivity index (χ4v) is 2.42. The van der Waals surface area contributed by atoms with Gasteiger partial charge in [-0.25, -0.2) is 4.98 Å². The topological polar surface area (TPSA) is 31.4 Å². The molecule has 0 amide bonds. The van der Waals surface area contributed by atoms with Crippen molar-refractivity contribution in [3.8, 4) is 0 Å². The maximum Gasteiger partial charge on any atom is 0.135 e. The molecule has 15 heavy (non-hydrogen) atoms. The van der Waals surface area contributed by atoms with Gasteiger partial charge in [-0.05, 0) is 40.5 Å². The van der Waals surface area contributed by atoms with Crippen LogP contribution >= 0.6 is 15.9 Å². The summed E-state index contributed by atoms with van der Waals surface area (Å²) in [6, 6.07) is 4.05. The van der Waals surface area contributed by atoms with Crippen molar-refractivity contribution in [1.29, 1.82) is 0 Å². The highest BCUT2D eigenvalue weighted by molar-refractivity contribution is 9.10. The molecule has 1 unspecified atom stereocenters. The number of nitrogens with zero attached hydrogens (tertiary/aromatic N) is 1. The zero-order chi connectivity index (χ0) is 10.9. The molecule has 0 radical (unpaired) electrons. The van der Waals surface area contributed by atoms with Crippen LogP contribution in [0.3, 0.4) is 0 Å². The zero-order valence-electron chi connectivity index (χ0n) is 8.92. The van der Waals surface area contributed by atoms with E-state index in [1.54, 1.807) is 7.11 Å². The maximum absolute atomic E-state index is 5.59. The number of pyridine rings is 1. The van der Waals surface area contributed by atoms with E-state index in [9.17, 15) is 0 Å². The van der Waals surface area contributed by atoms with Crippen molar-refractivity contribution in [2.45, 2.75) is 18.9 Å². The summed E-state index contributed by atoms with van der Waals surface area (Å²) in [5.74, 6) is 0. The van der Waals surface area contributed by atoms with Crippen LogP contribution in [-0.2, 0) is 15.1 Å². The van der Waals surface area contributed by atoms with Gasteiger partial charge in [-0.3, -0.25) is 0 Å². The third kappa shape index (κ3) is 2.07. The van der Waals surface area contributed by atoms with Gasteiger partial charge < -0.3 is 9.47 Å². The van der Waals surface area contributed by atoms with Crippen LogP contribution < -0.4 is 0 Å². The molecule has 3 nitrogen and oxygen atoms in total. The Morgan fingerprint density at radius 2 is 2.33 bits per heavy atom. The molecule has 1 atom stereocenters. The highest BCUT2D eigenvalue weighted by atomic mass is 79.9. The van der Waals surface area contributed by atoms with Crippen LogP contribution in [0, 0.1) is 6.92 Å². The van der Waals surface area contributed by atoms with Crippen molar-refractivity contribution in [3.63, 3.8) is 0 Å². The molecular weight excluding hydrogens is 258 g/mol. The Bertz CT molecular complexity index is 341. The van der Waals surface area contributed by atoms with E-state index in [0.717, 1.165) is 23.3 Å². The molecule has 4 heteroatoms. The minimum atomic E-state index is -0.353. The summed E-state index contributed by atoms with van der Waals surface area (Å²) in [5, 5.41) is 0. The van der Waals surface area contributed by atoms with E-state index < -0.39 is 0 Å². The molecule has 2 rings (SSSR count). The zero-order valence-corrected chi connectivity index (χ0v) is 10.5. The second-order valence-electron chi connectivity index (χ2n) is 3.85.